The van der Waals surface area contributed by atoms with Crippen molar-refractivity contribution in [2.75, 3.05) is 0 Å². The van der Waals surface area contributed by atoms with Gasteiger partial charge in [-0.1, -0.05) is 19.1 Å². The first-order valence-electron chi connectivity index (χ1n) is 8.70. The fourth-order valence-electron chi connectivity index (χ4n) is 3.30. The van der Waals surface area contributed by atoms with Crippen LogP contribution in [-0.4, -0.2) is 32.3 Å². The number of carbonyl (C=O) groups is 2. The maximum Gasteiger partial charge on any atom is 0.329 e. The number of carboxylic acid groups (broad SMARTS) is 1. The number of fused-ring (bicyclic) bond motifs is 1. The van der Waals surface area contributed by atoms with Gasteiger partial charge < -0.3 is 10.4 Å². The molecule has 1 amide bonds. The van der Waals surface area contributed by atoms with E-state index in [0.717, 1.165) is 23.2 Å². The maximum atomic E-state index is 14.4. The third-order valence-corrected chi connectivity index (χ3v) is 5.11. The molecule has 1 aliphatic carbocycles. The summed E-state index contributed by atoms with van der Waals surface area (Å²) in [6, 6.07) is 4.79. The van der Waals surface area contributed by atoms with Gasteiger partial charge in [0.1, 0.15) is 17.0 Å². The number of rotatable bonds is 5. The van der Waals surface area contributed by atoms with Gasteiger partial charge in [-0.05, 0) is 51.2 Å². The number of nitrogens with one attached hydrogen (secondary N) is 1. The maximum absolute atomic E-state index is 14.4. The van der Waals surface area contributed by atoms with Crippen molar-refractivity contribution >= 4 is 11.9 Å². The number of hydrogen-bond donors (Lipinski definition) is 2. The second-order valence-corrected chi connectivity index (χ2v) is 6.89. The number of aliphatic carboxylic acids is 1. The Hall–Kier alpha value is -2.70. The predicted octanol–water partition coefficient (Wildman–Crippen LogP) is 2.79. The van der Waals surface area contributed by atoms with Crippen LogP contribution in [-0.2, 0) is 17.6 Å². The van der Waals surface area contributed by atoms with Gasteiger partial charge in [-0.25, -0.2) is 13.9 Å². The molecule has 0 aliphatic heterocycles. The molecule has 3 rings (SSSR count). The van der Waals surface area contributed by atoms with Gasteiger partial charge in [0.05, 0.1) is 0 Å². The standard InChI is InChI=1S/C19H22FN3O3/c1-4-19(3,18(25)26)21-17(24)15-12-8-6-10-14(12)23(22-15)16-11(2)7-5-9-13(16)20/h5,7,9H,4,6,8,10H2,1-3H3,(H,21,24)(H,25,26). The summed E-state index contributed by atoms with van der Waals surface area (Å²) in [4.78, 5) is 24.2. The van der Waals surface area contributed by atoms with E-state index in [0.29, 0.717) is 18.5 Å². The molecule has 0 bridgehead atoms. The summed E-state index contributed by atoms with van der Waals surface area (Å²) in [6.45, 7) is 4.95. The van der Waals surface area contributed by atoms with E-state index in [9.17, 15) is 19.1 Å². The number of para-hydroxylation sites is 1. The zero-order valence-corrected chi connectivity index (χ0v) is 15.1. The van der Waals surface area contributed by atoms with Crippen LogP contribution >= 0.6 is 0 Å². The topological polar surface area (TPSA) is 84.2 Å². The number of carboxylic acids is 1. The van der Waals surface area contributed by atoms with Crippen LogP contribution in [0.15, 0.2) is 18.2 Å². The highest BCUT2D eigenvalue weighted by Crippen LogP contribution is 2.30. The second kappa shape index (κ2) is 6.55. The SMILES string of the molecule is CCC(C)(NC(=O)c1nn(-c2c(C)cccc2F)c2c1CCC2)C(=O)O. The first kappa shape index (κ1) is 18.1. The van der Waals surface area contributed by atoms with Crippen LogP contribution in [0.2, 0.25) is 0 Å². The lowest BCUT2D eigenvalue weighted by Crippen LogP contribution is -2.52. The third-order valence-electron chi connectivity index (χ3n) is 5.11. The van der Waals surface area contributed by atoms with Crippen LogP contribution < -0.4 is 5.32 Å². The summed E-state index contributed by atoms with van der Waals surface area (Å²) in [5.74, 6) is -2.05. The number of carbonyl (C=O) groups excluding carboxylic acids is 1. The van der Waals surface area contributed by atoms with Crippen LogP contribution in [0.1, 0.15) is 54.0 Å². The quantitative estimate of drug-likeness (QED) is 0.860. The predicted molar refractivity (Wildman–Crippen MR) is 94.1 cm³/mol. The molecule has 0 fully saturated rings. The van der Waals surface area contributed by atoms with Crippen LogP contribution in [0.25, 0.3) is 5.69 Å². The minimum Gasteiger partial charge on any atom is -0.480 e. The van der Waals surface area contributed by atoms with Gasteiger partial charge in [-0.2, -0.15) is 5.10 Å². The Labute approximate surface area is 151 Å². The molecule has 1 aromatic carbocycles. The van der Waals surface area contributed by atoms with Gasteiger partial charge in [-0.15, -0.1) is 0 Å². The van der Waals surface area contributed by atoms with Crippen molar-refractivity contribution in [3.05, 3.63) is 46.5 Å². The van der Waals surface area contributed by atoms with Gasteiger partial charge in [-0.3, -0.25) is 4.79 Å². The molecule has 26 heavy (non-hydrogen) atoms. The van der Waals surface area contributed by atoms with Gasteiger partial charge >= 0.3 is 5.97 Å². The molecule has 0 saturated carbocycles. The third kappa shape index (κ3) is 2.87. The minimum atomic E-state index is -1.37. The molecule has 1 aliphatic rings. The largest absolute Gasteiger partial charge is 0.480 e. The summed E-state index contributed by atoms with van der Waals surface area (Å²) >= 11 is 0. The van der Waals surface area contributed by atoms with Crippen LogP contribution in [0.5, 0.6) is 0 Å². The second-order valence-electron chi connectivity index (χ2n) is 6.89. The van der Waals surface area contributed by atoms with Crippen molar-refractivity contribution < 1.29 is 19.1 Å². The van der Waals surface area contributed by atoms with E-state index in [-0.39, 0.29) is 12.1 Å². The Bertz CT molecular complexity index is 870. The molecule has 2 aromatic rings. The molecule has 0 radical (unpaired) electrons. The Morgan fingerprint density at radius 3 is 2.73 bits per heavy atom. The van der Waals surface area contributed by atoms with Crippen LogP contribution in [0.4, 0.5) is 4.39 Å². The van der Waals surface area contributed by atoms with Crippen LogP contribution in [0.3, 0.4) is 0 Å². The lowest BCUT2D eigenvalue weighted by Gasteiger charge is -2.24. The zero-order chi connectivity index (χ0) is 19.1. The summed E-state index contributed by atoms with van der Waals surface area (Å²) in [6.07, 6.45) is 2.46. The first-order chi connectivity index (χ1) is 12.3. The van der Waals surface area contributed by atoms with Crippen molar-refractivity contribution in [1.82, 2.24) is 15.1 Å². The lowest BCUT2D eigenvalue weighted by atomic mass is 9.99. The molecule has 138 valence electrons. The monoisotopic (exact) mass is 359 g/mol. The summed E-state index contributed by atoms with van der Waals surface area (Å²) < 4.78 is 15.9. The molecule has 6 nitrogen and oxygen atoms in total. The average Bonchev–Trinajstić information content (AvgIpc) is 3.17. The van der Waals surface area contributed by atoms with E-state index in [1.165, 1.54) is 17.7 Å². The van der Waals surface area contributed by atoms with E-state index in [4.69, 9.17) is 0 Å². The molecule has 2 N–H and O–H groups in total. The van der Waals surface area contributed by atoms with Crippen molar-refractivity contribution in [2.45, 2.75) is 52.0 Å². The van der Waals surface area contributed by atoms with E-state index in [2.05, 4.69) is 10.4 Å². The normalized spacial score (nSPS) is 15.4. The van der Waals surface area contributed by atoms with E-state index in [1.807, 2.05) is 0 Å². The van der Waals surface area contributed by atoms with Crippen LogP contribution in [0, 0.1) is 12.7 Å². The molecule has 1 heterocycles. The van der Waals surface area contributed by atoms with E-state index < -0.39 is 23.2 Å². The fourth-order valence-corrected chi connectivity index (χ4v) is 3.30. The Morgan fingerprint density at radius 2 is 2.12 bits per heavy atom. The fraction of sp³-hybridized carbons (Fsp3) is 0.421. The summed E-state index contributed by atoms with van der Waals surface area (Å²) in [5.41, 5.74) is 1.45. The van der Waals surface area contributed by atoms with Gasteiger partial charge in [0, 0.05) is 11.3 Å². The van der Waals surface area contributed by atoms with E-state index in [1.54, 1.807) is 26.0 Å². The number of halogens is 1. The highest BCUT2D eigenvalue weighted by molar-refractivity contribution is 5.97. The molecule has 1 unspecified atom stereocenters. The number of nitrogens with zero attached hydrogens (tertiary/aromatic N) is 2. The number of benzene rings is 1. The zero-order valence-electron chi connectivity index (χ0n) is 15.1. The summed E-state index contributed by atoms with van der Waals surface area (Å²) in [5, 5.41) is 16.3. The first-order valence-corrected chi connectivity index (χ1v) is 8.70. The number of amides is 1. The highest BCUT2D eigenvalue weighted by Gasteiger charge is 2.36. The van der Waals surface area contributed by atoms with E-state index >= 15 is 0 Å². The average molecular weight is 359 g/mol. The molecule has 1 aromatic heterocycles. The minimum absolute atomic E-state index is 0.182. The molecular formula is C19H22FN3O3. The molecule has 7 heteroatoms. The molecule has 1 atom stereocenters. The Balaban J connectivity index is 2.06. The van der Waals surface area contributed by atoms with Crippen molar-refractivity contribution in [3.63, 3.8) is 0 Å². The summed E-state index contributed by atoms with van der Waals surface area (Å²) in [7, 11) is 0. The lowest BCUT2D eigenvalue weighted by molar-refractivity contribution is -0.143. The van der Waals surface area contributed by atoms with Gasteiger partial charge in [0.15, 0.2) is 5.69 Å². The highest BCUT2D eigenvalue weighted by atomic mass is 19.1. The van der Waals surface area contributed by atoms with Crippen molar-refractivity contribution in [3.8, 4) is 5.69 Å². The number of aromatic nitrogens is 2. The Morgan fingerprint density at radius 1 is 1.38 bits per heavy atom. The van der Waals surface area contributed by atoms with Gasteiger partial charge in [0.25, 0.3) is 5.91 Å². The Kier molecular flexibility index (Phi) is 4.56. The number of hydrogen-bond acceptors (Lipinski definition) is 3. The van der Waals surface area contributed by atoms with Crippen molar-refractivity contribution in [1.29, 1.82) is 0 Å². The number of aryl methyl sites for hydroxylation is 1. The van der Waals surface area contributed by atoms with Crippen molar-refractivity contribution in [2.24, 2.45) is 0 Å². The molecule has 0 saturated heterocycles. The molecular weight excluding hydrogens is 337 g/mol. The molecule has 0 spiro atoms. The smallest absolute Gasteiger partial charge is 0.329 e. The van der Waals surface area contributed by atoms with Gasteiger partial charge in [0.2, 0.25) is 0 Å².